The zero-order valence-corrected chi connectivity index (χ0v) is 10.2. The van der Waals surface area contributed by atoms with Crippen LogP contribution in [0.25, 0.3) is 0 Å². The summed E-state index contributed by atoms with van der Waals surface area (Å²) in [6.07, 6.45) is 0. The molecule has 1 aromatic carbocycles. The van der Waals surface area contributed by atoms with Gasteiger partial charge >= 0.3 is 5.97 Å². The van der Waals surface area contributed by atoms with E-state index in [2.05, 4.69) is 9.46 Å². The van der Waals surface area contributed by atoms with Crippen LogP contribution in [0.5, 0.6) is 0 Å². The summed E-state index contributed by atoms with van der Waals surface area (Å²) in [5, 5.41) is 0.224. The van der Waals surface area contributed by atoms with Crippen molar-refractivity contribution >= 4 is 27.6 Å². The van der Waals surface area contributed by atoms with E-state index >= 15 is 0 Å². The predicted molar refractivity (Wildman–Crippen MR) is 59.0 cm³/mol. The minimum Gasteiger partial charge on any atom is -0.465 e. The number of sulfonamides is 1. The molecule has 0 heterocycles. The molecule has 1 rings (SSSR count). The van der Waals surface area contributed by atoms with Gasteiger partial charge in [0, 0.05) is 5.02 Å². The third-order valence-corrected chi connectivity index (χ3v) is 3.60. The average Bonchev–Trinajstić information content (AvgIpc) is 2.28. The Hall–Kier alpha value is -1.11. The lowest BCUT2D eigenvalue weighted by Gasteiger charge is -2.08. The van der Waals surface area contributed by atoms with Gasteiger partial charge in [-0.2, -0.15) is 0 Å². The van der Waals surface area contributed by atoms with Crippen LogP contribution in [0.4, 0.5) is 0 Å². The molecule has 5 nitrogen and oxygen atoms in total. The molecule has 0 aliphatic heterocycles. The smallest absolute Gasteiger partial charge is 0.339 e. The second-order valence-corrected chi connectivity index (χ2v) is 5.13. The molecule has 0 aliphatic carbocycles. The Bertz CT molecular complexity index is 512. The fraction of sp³-hybridized carbons (Fsp3) is 0.222. The van der Waals surface area contributed by atoms with Crippen LogP contribution in [-0.2, 0) is 14.8 Å². The van der Waals surface area contributed by atoms with Crippen molar-refractivity contribution in [2.24, 2.45) is 0 Å². The molecule has 0 saturated carbocycles. The Morgan fingerprint density at radius 1 is 1.44 bits per heavy atom. The van der Waals surface area contributed by atoms with Crippen molar-refractivity contribution in [2.45, 2.75) is 4.90 Å². The molecule has 0 aliphatic rings. The molecule has 0 spiro atoms. The molecule has 0 aromatic heterocycles. The van der Waals surface area contributed by atoms with E-state index in [0.29, 0.717) is 0 Å². The molecule has 16 heavy (non-hydrogen) atoms. The number of hydrogen-bond acceptors (Lipinski definition) is 4. The van der Waals surface area contributed by atoms with E-state index in [1.807, 2.05) is 0 Å². The normalized spacial score (nSPS) is 11.2. The Morgan fingerprint density at radius 3 is 2.56 bits per heavy atom. The van der Waals surface area contributed by atoms with E-state index in [0.717, 1.165) is 0 Å². The number of halogens is 1. The van der Waals surface area contributed by atoms with Crippen LogP contribution in [0.2, 0.25) is 5.02 Å². The highest BCUT2D eigenvalue weighted by molar-refractivity contribution is 7.89. The van der Waals surface area contributed by atoms with E-state index in [1.165, 1.54) is 32.4 Å². The lowest BCUT2D eigenvalue weighted by molar-refractivity contribution is 0.0596. The summed E-state index contributed by atoms with van der Waals surface area (Å²) in [6, 6.07) is 3.92. The number of hydrogen-bond donors (Lipinski definition) is 1. The number of benzene rings is 1. The zero-order valence-electron chi connectivity index (χ0n) is 8.65. The van der Waals surface area contributed by atoms with Gasteiger partial charge in [-0.1, -0.05) is 11.6 Å². The van der Waals surface area contributed by atoms with Crippen LogP contribution in [0.3, 0.4) is 0 Å². The molecular formula is C9H10ClNO4S. The second kappa shape index (κ2) is 4.82. The maximum atomic E-state index is 11.6. The van der Waals surface area contributed by atoms with Gasteiger partial charge in [0.15, 0.2) is 0 Å². The number of esters is 1. The van der Waals surface area contributed by atoms with Crippen molar-refractivity contribution < 1.29 is 17.9 Å². The van der Waals surface area contributed by atoms with E-state index in [9.17, 15) is 13.2 Å². The summed E-state index contributed by atoms with van der Waals surface area (Å²) in [5.41, 5.74) is -0.0544. The molecule has 7 heteroatoms. The van der Waals surface area contributed by atoms with Crippen molar-refractivity contribution in [1.29, 1.82) is 0 Å². The maximum Gasteiger partial charge on any atom is 0.339 e. The first-order chi connectivity index (χ1) is 7.42. The van der Waals surface area contributed by atoms with Crippen LogP contribution in [0.1, 0.15) is 10.4 Å². The quantitative estimate of drug-likeness (QED) is 0.827. The van der Waals surface area contributed by atoms with Gasteiger partial charge in [-0.15, -0.1) is 0 Å². The molecule has 0 amide bonds. The molecule has 1 aromatic rings. The summed E-state index contributed by atoms with van der Waals surface area (Å²) >= 11 is 5.68. The van der Waals surface area contributed by atoms with Gasteiger partial charge < -0.3 is 4.74 Å². The standard InChI is InChI=1S/C9H10ClNO4S/c1-11-16(13,14)8-5-6(10)3-4-7(8)9(12)15-2/h3-5,11H,1-2H3. The Labute approximate surface area is 98.4 Å². The number of ether oxygens (including phenoxy) is 1. The van der Waals surface area contributed by atoms with Crippen LogP contribution in [-0.4, -0.2) is 28.5 Å². The lowest BCUT2D eigenvalue weighted by Crippen LogP contribution is -2.21. The SMILES string of the molecule is CNS(=O)(=O)c1cc(Cl)ccc1C(=O)OC. The third kappa shape index (κ3) is 2.52. The summed E-state index contributed by atoms with van der Waals surface area (Å²) < 4.78 is 29.8. The van der Waals surface area contributed by atoms with E-state index in [-0.39, 0.29) is 15.5 Å². The second-order valence-electron chi connectivity index (χ2n) is 2.84. The van der Waals surface area contributed by atoms with Crippen LogP contribution < -0.4 is 4.72 Å². The largest absolute Gasteiger partial charge is 0.465 e. The highest BCUT2D eigenvalue weighted by Gasteiger charge is 2.21. The van der Waals surface area contributed by atoms with Gasteiger partial charge in [0.1, 0.15) is 0 Å². The molecule has 88 valence electrons. The molecule has 0 fully saturated rings. The molecule has 0 saturated heterocycles. The minimum atomic E-state index is -3.74. The fourth-order valence-corrected chi connectivity index (χ4v) is 2.29. The van der Waals surface area contributed by atoms with Crippen molar-refractivity contribution in [3.05, 3.63) is 28.8 Å². The Balaban J connectivity index is 3.47. The predicted octanol–water partition coefficient (Wildman–Crippen LogP) is 1.03. The molecule has 0 bridgehead atoms. The van der Waals surface area contributed by atoms with Gasteiger partial charge in [0.05, 0.1) is 17.6 Å². The van der Waals surface area contributed by atoms with E-state index < -0.39 is 16.0 Å². The number of methoxy groups -OCH3 is 1. The molecular weight excluding hydrogens is 254 g/mol. The van der Waals surface area contributed by atoms with E-state index in [1.54, 1.807) is 0 Å². The zero-order chi connectivity index (χ0) is 12.3. The first-order valence-electron chi connectivity index (χ1n) is 4.24. The number of carbonyl (C=O) groups is 1. The van der Waals surface area contributed by atoms with Crippen LogP contribution in [0.15, 0.2) is 23.1 Å². The Morgan fingerprint density at radius 2 is 2.06 bits per heavy atom. The Kier molecular flexibility index (Phi) is 3.90. The first kappa shape index (κ1) is 13.0. The van der Waals surface area contributed by atoms with Crippen molar-refractivity contribution in [3.63, 3.8) is 0 Å². The molecule has 0 atom stereocenters. The fourth-order valence-electron chi connectivity index (χ4n) is 1.11. The van der Waals surface area contributed by atoms with Gasteiger partial charge in [0.2, 0.25) is 10.0 Å². The first-order valence-corrected chi connectivity index (χ1v) is 6.10. The van der Waals surface area contributed by atoms with Crippen molar-refractivity contribution in [3.8, 4) is 0 Å². The molecule has 1 N–H and O–H groups in total. The third-order valence-electron chi connectivity index (χ3n) is 1.91. The topological polar surface area (TPSA) is 72.5 Å². The summed E-state index contributed by atoms with van der Waals surface area (Å²) in [7, 11) is -1.32. The van der Waals surface area contributed by atoms with Gasteiger partial charge in [-0.25, -0.2) is 17.9 Å². The molecule has 0 radical (unpaired) electrons. The average molecular weight is 264 g/mol. The lowest BCUT2D eigenvalue weighted by atomic mass is 10.2. The van der Waals surface area contributed by atoms with Crippen molar-refractivity contribution in [2.75, 3.05) is 14.2 Å². The van der Waals surface area contributed by atoms with E-state index in [4.69, 9.17) is 11.6 Å². The monoisotopic (exact) mass is 263 g/mol. The number of nitrogens with one attached hydrogen (secondary N) is 1. The van der Waals surface area contributed by atoms with Gasteiger partial charge in [-0.05, 0) is 25.2 Å². The van der Waals surface area contributed by atoms with Crippen LogP contribution >= 0.6 is 11.6 Å². The summed E-state index contributed by atoms with van der Waals surface area (Å²) in [6.45, 7) is 0. The van der Waals surface area contributed by atoms with Gasteiger partial charge in [0.25, 0.3) is 0 Å². The minimum absolute atomic E-state index is 0.0544. The summed E-state index contributed by atoms with van der Waals surface area (Å²) in [4.78, 5) is 11.2. The maximum absolute atomic E-state index is 11.6. The number of carbonyl (C=O) groups excluding carboxylic acids is 1. The highest BCUT2D eigenvalue weighted by atomic mass is 35.5. The van der Waals surface area contributed by atoms with Crippen molar-refractivity contribution in [1.82, 2.24) is 4.72 Å². The van der Waals surface area contributed by atoms with Gasteiger partial charge in [-0.3, -0.25) is 0 Å². The highest BCUT2D eigenvalue weighted by Crippen LogP contribution is 2.21. The van der Waals surface area contributed by atoms with Crippen LogP contribution in [0, 0.1) is 0 Å². The molecule has 0 unspecified atom stereocenters. The summed E-state index contributed by atoms with van der Waals surface area (Å²) in [5.74, 6) is -0.731. The number of rotatable bonds is 3.